The summed E-state index contributed by atoms with van der Waals surface area (Å²) in [5.41, 5.74) is 1.32. The maximum absolute atomic E-state index is 5.18. The van der Waals surface area contributed by atoms with Crippen molar-refractivity contribution >= 4 is 15.9 Å². The van der Waals surface area contributed by atoms with Crippen LogP contribution in [0.15, 0.2) is 28.7 Å². The molecule has 4 nitrogen and oxygen atoms in total. The molecule has 0 spiro atoms. The lowest BCUT2D eigenvalue weighted by atomic mass is 10.0. The van der Waals surface area contributed by atoms with Gasteiger partial charge in [0, 0.05) is 44.4 Å². The molecule has 120 valence electrons. The van der Waals surface area contributed by atoms with E-state index in [4.69, 9.17) is 9.47 Å². The summed E-state index contributed by atoms with van der Waals surface area (Å²) in [4.78, 5) is 2.39. The fraction of sp³-hybridized carbons (Fsp3) is 0.625. The molecular weight excluding hydrogens is 332 g/mol. The zero-order valence-electron chi connectivity index (χ0n) is 13.3. The van der Waals surface area contributed by atoms with Gasteiger partial charge < -0.3 is 14.8 Å². The van der Waals surface area contributed by atoms with Crippen LogP contribution in [0, 0.1) is 0 Å². The first-order valence-corrected chi connectivity index (χ1v) is 8.13. The van der Waals surface area contributed by atoms with Gasteiger partial charge in [0.15, 0.2) is 0 Å². The summed E-state index contributed by atoms with van der Waals surface area (Å²) < 4.78 is 11.5. The quantitative estimate of drug-likeness (QED) is 0.659. The number of nitrogens with one attached hydrogen (secondary N) is 1. The molecule has 0 heterocycles. The molecule has 1 unspecified atom stereocenters. The van der Waals surface area contributed by atoms with Crippen LogP contribution in [0.4, 0.5) is 0 Å². The van der Waals surface area contributed by atoms with Crippen LogP contribution in [0.5, 0.6) is 0 Å². The summed E-state index contributed by atoms with van der Waals surface area (Å²) in [5, 5.41) is 3.40. The van der Waals surface area contributed by atoms with Crippen LogP contribution in [0.2, 0.25) is 0 Å². The van der Waals surface area contributed by atoms with E-state index in [-0.39, 0.29) is 0 Å². The predicted molar refractivity (Wildman–Crippen MR) is 90.8 cm³/mol. The van der Waals surface area contributed by atoms with E-state index in [1.807, 2.05) is 7.05 Å². The third-order valence-corrected chi connectivity index (χ3v) is 4.11. The van der Waals surface area contributed by atoms with Crippen LogP contribution in [-0.2, 0) is 9.47 Å². The second-order valence-electron chi connectivity index (χ2n) is 5.01. The van der Waals surface area contributed by atoms with Crippen molar-refractivity contribution in [1.82, 2.24) is 10.2 Å². The molecule has 0 aliphatic heterocycles. The zero-order chi connectivity index (χ0) is 15.5. The molecule has 0 aromatic heterocycles. The third-order valence-electron chi connectivity index (χ3n) is 3.58. The molecule has 1 N–H and O–H groups in total. The van der Waals surface area contributed by atoms with Gasteiger partial charge in [0.2, 0.25) is 0 Å². The van der Waals surface area contributed by atoms with Gasteiger partial charge in [-0.2, -0.15) is 0 Å². The van der Waals surface area contributed by atoms with Crippen LogP contribution in [0.3, 0.4) is 0 Å². The lowest BCUT2D eigenvalue weighted by Crippen LogP contribution is -2.33. The summed E-state index contributed by atoms with van der Waals surface area (Å²) in [6.07, 6.45) is 1.06. The predicted octanol–water partition coefficient (Wildman–Crippen LogP) is 2.69. The second-order valence-corrected chi connectivity index (χ2v) is 5.92. The van der Waals surface area contributed by atoms with Crippen molar-refractivity contribution in [2.24, 2.45) is 0 Å². The van der Waals surface area contributed by atoms with Crippen molar-refractivity contribution in [2.75, 3.05) is 54.1 Å². The molecule has 1 aromatic rings. The Balaban J connectivity index is 2.51. The summed E-state index contributed by atoms with van der Waals surface area (Å²) in [5.74, 6) is 0. The number of halogens is 1. The van der Waals surface area contributed by atoms with Crippen molar-refractivity contribution in [2.45, 2.75) is 12.5 Å². The summed E-state index contributed by atoms with van der Waals surface area (Å²) in [7, 11) is 5.50. The molecule has 1 rings (SSSR count). The number of rotatable bonds is 11. The summed E-state index contributed by atoms with van der Waals surface area (Å²) in [6, 6.07) is 8.88. The fourth-order valence-corrected chi connectivity index (χ4v) is 2.52. The van der Waals surface area contributed by atoms with Gasteiger partial charge in [-0.3, -0.25) is 4.90 Å². The Morgan fingerprint density at radius 3 is 2.10 bits per heavy atom. The molecule has 0 fully saturated rings. The van der Waals surface area contributed by atoms with Crippen LogP contribution in [0.25, 0.3) is 0 Å². The molecule has 1 atom stereocenters. The normalized spacial score (nSPS) is 12.8. The number of nitrogens with zero attached hydrogens (tertiary/aromatic N) is 1. The van der Waals surface area contributed by atoms with Crippen molar-refractivity contribution in [3.63, 3.8) is 0 Å². The van der Waals surface area contributed by atoms with Gasteiger partial charge in [-0.25, -0.2) is 0 Å². The van der Waals surface area contributed by atoms with Crippen molar-refractivity contribution in [3.05, 3.63) is 34.3 Å². The van der Waals surface area contributed by atoms with Gasteiger partial charge in [0.1, 0.15) is 0 Å². The highest BCUT2D eigenvalue weighted by atomic mass is 79.9. The Labute approximate surface area is 136 Å². The van der Waals surface area contributed by atoms with Gasteiger partial charge in [-0.05, 0) is 31.2 Å². The van der Waals surface area contributed by atoms with E-state index in [0.29, 0.717) is 6.04 Å². The van der Waals surface area contributed by atoms with E-state index < -0.39 is 0 Å². The molecule has 0 radical (unpaired) electrons. The molecule has 0 saturated carbocycles. The van der Waals surface area contributed by atoms with E-state index in [0.717, 1.165) is 43.7 Å². The van der Waals surface area contributed by atoms with Crippen LogP contribution in [-0.4, -0.2) is 59.0 Å². The minimum atomic E-state index is 0.366. The average molecular weight is 359 g/mol. The lowest BCUT2D eigenvalue weighted by molar-refractivity contribution is 0.111. The average Bonchev–Trinajstić information content (AvgIpc) is 2.51. The van der Waals surface area contributed by atoms with E-state index in [1.165, 1.54) is 5.56 Å². The number of benzene rings is 1. The first kappa shape index (κ1) is 18.6. The van der Waals surface area contributed by atoms with E-state index in [2.05, 4.69) is 50.4 Å². The van der Waals surface area contributed by atoms with Gasteiger partial charge >= 0.3 is 0 Å². The monoisotopic (exact) mass is 358 g/mol. The SMILES string of the molecule is CNC(CCN(CCOC)CCOC)c1ccc(Br)cc1. The maximum Gasteiger partial charge on any atom is 0.0589 e. The zero-order valence-corrected chi connectivity index (χ0v) is 14.9. The Morgan fingerprint density at radius 1 is 1.05 bits per heavy atom. The van der Waals surface area contributed by atoms with E-state index >= 15 is 0 Å². The van der Waals surface area contributed by atoms with Crippen LogP contribution >= 0.6 is 15.9 Å². The minimum Gasteiger partial charge on any atom is -0.383 e. The molecule has 5 heteroatoms. The fourth-order valence-electron chi connectivity index (χ4n) is 2.26. The molecule has 21 heavy (non-hydrogen) atoms. The molecule has 0 aliphatic rings. The van der Waals surface area contributed by atoms with E-state index in [1.54, 1.807) is 14.2 Å². The van der Waals surface area contributed by atoms with Crippen LogP contribution < -0.4 is 5.32 Å². The Morgan fingerprint density at radius 2 is 1.62 bits per heavy atom. The molecule has 0 bridgehead atoms. The largest absolute Gasteiger partial charge is 0.383 e. The minimum absolute atomic E-state index is 0.366. The van der Waals surface area contributed by atoms with Crippen LogP contribution in [0.1, 0.15) is 18.0 Å². The van der Waals surface area contributed by atoms with Gasteiger partial charge in [-0.15, -0.1) is 0 Å². The topological polar surface area (TPSA) is 33.7 Å². The second kappa shape index (κ2) is 11.2. The van der Waals surface area contributed by atoms with Crippen molar-refractivity contribution in [1.29, 1.82) is 0 Å². The molecular formula is C16H27BrN2O2. The molecule has 0 saturated heterocycles. The Kier molecular flexibility index (Phi) is 9.87. The maximum atomic E-state index is 5.18. The summed E-state index contributed by atoms with van der Waals surface area (Å²) in [6.45, 7) is 4.42. The summed E-state index contributed by atoms with van der Waals surface area (Å²) >= 11 is 3.48. The first-order chi connectivity index (χ1) is 10.2. The van der Waals surface area contributed by atoms with Gasteiger partial charge in [0.25, 0.3) is 0 Å². The number of ether oxygens (including phenoxy) is 2. The lowest BCUT2D eigenvalue weighted by Gasteiger charge is -2.25. The molecule has 0 aliphatic carbocycles. The van der Waals surface area contributed by atoms with Crippen molar-refractivity contribution < 1.29 is 9.47 Å². The smallest absolute Gasteiger partial charge is 0.0589 e. The number of hydrogen-bond donors (Lipinski definition) is 1. The van der Waals surface area contributed by atoms with Gasteiger partial charge in [-0.1, -0.05) is 28.1 Å². The Hall–Kier alpha value is -0.460. The van der Waals surface area contributed by atoms with Crippen molar-refractivity contribution in [3.8, 4) is 0 Å². The van der Waals surface area contributed by atoms with Gasteiger partial charge in [0.05, 0.1) is 13.2 Å². The number of hydrogen-bond acceptors (Lipinski definition) is 4. The molecule has 0 amide bonds. The number of methoxy groups -OCH3 is 2. The highest BCUT2D eigenvalue weighted by Gasteiger charge is 2.12. The highest BCUT2D eigenvalue weighted by molar-refractivity contribution is 9.10. The standard InChI is InChI=1S/C16H27BrN2O2/c1-18-16(14-4-6-15(17)7-5-14)8-9-19(10-12-20-2)11-13-21-3/h4-7,16,18H,8-13H2,1-3H3. The first-order valence-electron chi connectivity index (χ1n) is 7.34. The highest BCUT2D eigenvalue weighted by Crippen LogP contribution is 2.19. The Bertz CT molecular complexity index is 365. The third kappa shape index (κ3) is 7.38. The molecule has 1 aromatic carbocycles. The van der Waals surface area contributed by atoms with E-state index in [9.17, 15) is 0 Å².